The van der Waals surface area contributed by atoms with Gasteiger partial charge in [-0.2, -0.15) is 0 Å². The lowest BCUT2D eigenvalue weighted by molar-refractivity contribution is -0.116. The van der Waals surface area contributed by atoms with E-state index >= 15 is 0 Å². The van der Waals surface area contributed by atoms with Crippen LogP contribution in [0.2, 0.25) is 10.0 Å². The summed E-state index contributed by atoms with van der Waals surface area (Å²) in [7, 11) is 1.60. The summed E-state index contributed by atoms with van der Waals surface area (Å²) < 4.78 is 11.4. The highest BCUT2D eigenvalue weighted by Crippen LogP contribution is 2.40. The van der Waals surface area contributed by atoms with E-state index < -0.39 is 0 Å². The van der Waals surface area contributed by atoms with Crippen LogP contribution < -0.4 is 10.1 Å². The van der Waals surface area contributed by atoms with Gasteiger partial charge >= 0.3 is 0 Å². The van der Waals surface area contributed by atoms with Gasteiger partial charge in [-0.25, -0.2) is 0 Å². The molecule has 6 heteroatoms. The van der Waals surface area contributed by atoms with Crippen LogP contribution in [0.3, 0.4) is 0 Å². The molecule has 0 radical (unpaired) electrons. The Morgan fingerprint density at radius 1 is 1.06 bits per heavy atom. The molecule has 0 saturated carbocycles. The third-order valence-electron chi connectivity index (χ3n) is 5.67. The molecule has 4 nitrogen and oxygen atoms in total. The lowest BCUT2D eigenvalue weighted by Gasteiger charge is -2.11. The third-order valence-corrected chi connectivity index (χ3v) is 6.22. The van der Waals surface area contributed by atoms with Crippen molar-refractivity contribution in [2.75, 3.05) is 13.7 Å². The fraction of sp³-hybridized carbons (Fsp3) is 0.179. The fourth-order valence-electron chi connectivity index (χ4n) is 3.92. The summed E-state index contributed by atoms with van der Waals surface area (Å²) in [6.45, 7) is 2.50. The van der Waals surface area contributed by atoms with Gasteiger partial charge in [-0.3, -0.25) is 4.79 Å². The van der Waals surface area contributed by atoms with Gasteiger partial charge in [0.2, 0.25) is 5.91 Å². The van der Waals surface area contributed by atoms with Crippen LogP contribution in [-0.2, 0) is 11.2 Å². The number of nitrogens with one attached hydrogen (secondary N) is 1. The molecule has 0 atom stereocenters. The van der Waals surface area contributed by atoms with Gasteiger partial charge in [0.1, 0.15) is 11.3 Å². The molecule has 0 fully saturated rings. The fourth-order valence-corrected chi connectivity index (χ4v) is 4.43. The van der Waals surface area contributed by atoms with Crippen LogP contribution in [0.4, 0.5) is 0 Å². The van der Waals surface area contributed by atoms with E-state index in [1.807, 2.05) is 43.3 Å². The van der Waals surface area contributed by atoms with Crippen molar-refractivity contribution >= 4 is 45.7 Å². The second-order valence-electron chi connectivity index (χ2n) is 8.03. The smallest absolute Gasteiger partial charge is 0.244 e. The topological polar surface area (TPSA) is 51.5 Å². The monoisotopic (exact) mass is 493 g/mol. The van der Waals surface area contributed by atoms with Crippen LogP contribution in [-0.4, -0.2) is 19.6 Å². The van der Waals surface area contributed by atoms with Crippen LogP contribution in [0.5, 0.6) is 5.75 Å². The number of benzene rings is 3. The summed E-state index contributed by atoms with van der Waals surface area (Å²) in [5.74, 6) is 0.488. The van der Waals surface area contributed by atoms with E-state index in [9.17, 15) is 4.79 Å². The minimum absolute atomic E-state index is 0.138. The first-order chi connectivity index (χ1) is 16.5. The molecule has 0 spiro atoms. The Balaban J connectivity index is 1.54. The molecule has 1 aromatic heterocycles. The third kappa shape index (κ3) is 5.46. The summed E-state index contributed by atoms with van der Waals surface area (Å²) in [5.41, 5.74) is 5.19. The molecule has 4 rings (SSSR count). The van der Waals surface area contributed by atoms with E-state index in [2.05, 4.69) is 17.4 Å². The second kappa shape index (κ2) is 10.8. The first-order valence-corrected chi connectivity index (χ1v) is 11.8. The molecule has 1 heterocycles. The quantitative estimate of drug-likeness (QED) is 0.203. The number of ether oxygens (including phenoxy) is 1. The molecule has 0 bridgehead atoms. The Hall–Kier alpha value is -3.21. The molecule has 0 saturated heterocycles. The Bertz CT molecular complexity index is 1340. The zero-order valence-corrected chi connectivity index (χ0v) is 20.5. The van der Waals surface area contributed by atoms with Crippen molar-refractivity contribution in [1.82, 2.24) is 5.32 Å². The lowest BCUT2D eigenvalue weighted by Crippen LogP contribution is -2.22. The van der Waals surface area contributed by atoms with Crippen molar-refractivity contribution in [1.29, 1.82) is 0 Å². The van der Waals surface area contributed by atoms with Crippen LogP contribution in [0.15, 0.2) is 77.4 Å². The minimum Gasteiger partial charge on any atom is -0.496 e. The van der Waals surface area contributed by atoms with Gasteiger partial charge < -0.3 is 14.5 Å². The van der Waals surface area contributed by atoms with Crippen molar-refractivity contribution in [2.24, 2.45) is 0 Å². The number of allylic oxidation sites excluding steroid dienone is 1. The predicted octanol–water partition coefficient (Wildman–Crippen LogP) is 7.57. The van der Waals surface area contributed by atoms with E-state index in [1.54, 1.807) is 31.6 Å². The van der Waals surface area contributed by atoms with E-state index in [0.717, 1.165) is 40.5 Å². The summed E-state index contributed by atoms with van der Waals surface area (Å²) in [6.07, 6.45) is 5.06. The molecular weight excluding hydrogens is 469 g/mol. The number of hydrogen-bond donors (Lipinski definition) is 1. The Kier molecular flexibility index (Phi) is 7.61. The number of carbonyl (C=O) groups is 1. The van der Waals surface area contributed by atoms with Crippen LogP contribution in [0.25, 0.3) is 27.7 Å². The molecule has 4 aromatic rings. The highest BCUT2D eigenvalue weighted by atomic mass is 35.5. The molecule has 0 aliphatic heterocycles. The Labute approximate surface area is 209 Å². The standard InChI is InChI=1S/C28H25Cl2NO3/c1-18(13-28(32)31-12-6-9-19-7-4-3-5-8-19)22-15-23-24(17-34-27(23)16-26(22)33-2)21-11-10-20(29)14-25(21)30/h3-5,7-8,10-11,13-17H,6,9,12H2,1-2H3,(H,31,32)/b18-13+. The van der Waals surface area contributed by atoms with E-state index in [0.29, 0.717) is 27.9 Å². The zero-order valence-electron chi connectivity index (χ0n) is 19.0. The normalized spacial score (nSPS) is 11.6. The summed E-state index contributed by atoms with van der Waals surface area (Å²) in [5, 5.41) is 4.94. The van der Waals surface area contributed by atoms with Crippen LogP contribution >= 0.6 is 23.2 Å². The first-order valence-electron chi connectivity index (χ1n) is 11.0. The van der Waals surface area contributed by atoms with Gasteiger partial charge in [0.15, 0.2) is 0 Å². The molecule has 3 aromatic carbocycles. The summed E-state index contributed by atoms with van der Waals surface area (Å²) >= 11 is 12.5. The van der Waals surface area contributed by atoms with Gasteiger partial charge in [-0.05, 0) is 49.1 Å². The number of hydrogen-bond acceptors (Lipinski definition) is 3. The number of rotatable bonds is 8. The van der Waals surface area contributed by atoms with Gasteiger partial charge in [0.05, 0.1) is 18.4 Å². The van der Waals surface area contributed by atoms with Crippen molar-refractivity contribution in [3.63, 3.8) is 0 Å². The maximum atomic E-state index is 12.5. The number of furan rings is 1. The lowest BCUT2D eigenvalue weighted by atomic mass is 9.99. The molecule has 1 amide bonds. The zero-order chi connectivity index (χ0) is 24.1. The van der Waals surface area contributed by atoms with Crippen molar-refractivity contribution in [3.05, 3.63) is 94.2 Å². The van der Waals surface area contributed by atoms with E-state index in [1.165, 1.54) is 5.56 Å². The molecule has 1 N–H and O–H groups in total. The maximum Gasteiger partial charge on any atom is 0.244 e. The number of fused-ring (bicyclic) bond motifs is 1. The van der Waals surface area contributed by atoms with Crippen LogP contribution in [0.1, 0.15) is 24.5 Å². The predicted molar refractivity (Wildman–Crippen MR) is 140 cm³/mol. The number of aryl methyl sites for hydroxylation is 1. The maximum absolute atomic E-state index is 12.5. The van der Waals surface area contributed by atoms with Gasteiger partial charge in [-0.15, -0.1) is 0 Å². The number of carbonyl (C=O) groups excluding carboxylic acids is 1. The van der Waals surface area contributed by atoms with Crippen molar-refractivity contribution in [2.45, 2.75) is 19.8 Å². The van der Waals surface area contributed by atoms with Crippen LogP contribution in [0, 0.1) is 0 Å². The van der Waals surface area contributed by atoms with Crippen molar-refractivity contribution < 1.29 is 13.9 Å². The summed E-state index contributed by atoms with van der Waals surface area (Å²) in [4.78, 5) is 12.5. The largest absolute Gasteiger partial charge is 0.496 e. The van der Waals surface area contributed by atoms with Gasteiger partial charge in [0, 0.05) is 45.8 Å². The highest BCUT2D eigenvalue weighted by Gasteiger charge is 2.16. The average Bonchev–Trinajstić information content (AvgIpc) is 3.24. The SMILES string of the molecule is COc1cc2occ(-c3ccc(Cl)cc3Cl)c2cc1/C(C)=C/C(=O)NCCCc1ccccc1. The molecule has 34 heavy (non-hydrogen) atoms. The van der Waals surface area contributed by atoms with Gasteiger partial charge in [0.25, 0.3) is 0 Å². The highest BCUT2D eigenvalue weighted by molar-refractivity contribution is 6.36. The Morgan fingerprint density at radius 2 is 1.85 bits per heavy atom. The minimum atomic E-state index is -0.138. The summed E-state index contributed by atoms with van der Waals surface area (Å²) in [6, 6.07) is 19.4. The van der Waals surface area contributed by atoms with Gasteiger partial charge in [-0.1, -0.05) is 59.6 Å². The average molecular weight is 494 g/mol. The number of methoxy groups -OCH3 is 1. The first kappa shape index (κ1) is 23.9. The molecule has 0 aliphatic carbocycles. The van der Waals surface area contributed by atoms with Crippen molar-refractivity contribution in [3.8, 4) is 16.9 Å². The Morgan fingerprint density at radius 3 is 2.59 bits per heavy atom. The van der Waals surface area contributed by atoms with E-state index in [4.69, 9.17) is 32.4 Å². The number of amides is 1. The molecular formula is C28H25Cl2NO3. The molecule has 0 aliphatic rings. The molecule has 0 unspecified atom stereocenters. The number of halogens is 2. The molecule has 174 valence electrons. The second-order valence-corrected chi connectivity index (χ2v) is 8.87. The van der Waals surface area contributed by atoms with E-state index in [-0.39, 0.29) is 5.91 Å².